The number of aryl methyl sites for hydroxylation is 2. The van der Waals surface area contributed by atoms with Crippen LogP contribution in [0.5, 0.6) is 0 Å². The third kappa shape index (κ3) is 3.46. The Balaban J connectivity index is 1.69. The summed E-state index contributed by atoms with van der Waals surface area (Å²) in [5.74, 6) is 0. The Morgan fingerprint density at radius 2 is 2.24 bits per heavy atom. The zero-order valence-corrected chi connectivity index (χ0v) is 10.6. The summed E-state index contributed by atoms with van der Waals surface area (Å²) in [5.41, 5.74) is 2.55. The van der Waals surface area contributed by atoms with Gasteiger partial charge in [0.1, 0.15) is 0 Å². The van der Waals surface area contributed by atoms with Gasteiger partial charge in [-0.05, 0) is 31.0 Å². The van der Waals surface area contributed by atoms with Crippen molar-refractivity contribution in [2.75, 3.05) is 6.54 Å². The maximum absolute atomic E-state index is 4.25. The molecule has 0 aliphatic carbocycles. The van der Waals surface area contributed by atoms with Crippen LogP contribution in [0.3, 0.4) is 0 Å². The van der Waals surface area contributed by atoms with Gasteiger partial charge in [0.15, 0.2) is 0 Å². The van der Waals surface area contributed by atoms with Gasteiger partial charge in [0, 0.05) is 38.2 Å². The lowest BCUT2D eigenvalue weighted by molar-refractivity contribution is 0.554. The van der Waals surface area contributed by atoms with Gasteiger partial charge in [-0.2, -0.15) is 5.10 Å². The second-order valence-corrected chi connectivity index (χ2v) is 4.31. The molecule has 0 saturated carbocycles. The molecule has 2 aromatic rings. The molecule has 2 rings (SSSR count). The Hall–Kier alpha value is -1.55. The molecule has 0 aliphatic heterocycles. The lowest BCUT2D eigenvalue weighted by Crippen LogP contribution is -2.19. The number of nitrogens with one attached hydrogen (secondary N) is 1. The minimum atomic E-state index is 0.919. The second kappa shape index (κ2) is 5.68. The summed E-state index contributed by atoms with van der Waals surface area (Å²) in [5, 5.41) is 7.67. The van der Waals surface area contributed by atoms with Crippen LogP contribution in [0, 0.1) is 6.92 Å². The van der Waals surface area contributed by atoms with Crippen molar-refractivity contribution in [1.29, 1.82) is 0 Å². The predicted octanol–water partition coefficient (Wildman–Crippen LogP) is 1.80. The summed E-state index contributed by atoms with van der Waals surface area (Å²) in [6.07, 6.45) is 8.26. The molecule has 4 heteroatoms. The molecule has 1 N–H and O–H groups in total. The van der Waals surface area contributed by atoms with Gasteiger partial charge in [-0.1, -0.05) is 0 Å². The predicted molar refractivity (Wildman–Crippen MR) is 68.8 cm³/mol. The highest BCUT2D eigenvalue weighted by molar-refractivity contribution is 5.09. The minimum absolute atomic E-state index is 0.919. The first-order valence-corrected chi connectivity index (χ1v) is 6.12. The number of hydrogen-bond donors (Lipinski definition) is 1. The Bertz CT molecular complexity index is 455. The second-order valence-electron chi connectivity index (χ2n) is 4.31. The SMILES string of the molecule is CCn1ccc(CNCCn2cc(C)cn2)c1. The minimum Gasteiger partial charge on any atom is -0.354 e. The van der Waals surface area contributed by atoms with E-state index in [2.05, 4.69) is 53.5 Å². The van der Waals surface area contributed by atoms with Crippen LogP contribution in [-0.2, 0) is 19.6 Å². The van der Waals surface area contributed by atoms with Gasteiger partial charge in [0.05, 0.1) is 12.7 Å². The standard InChI is InChI=1S/C13H20N4/c1-3-16-6-4-13(11-16)9-14-5-7-17-10-12(2)8-15-17/h4,6,8,10-11,14H,3,5,7,9H2,1-2H3. The molecule has 17 heavy (non-hydrogen) atoms. The van der Waals surface area contributed by atoms with Crippen LogP contribution in [0.1, 0.15) is 18.1 Å². The number of aromatic nitrogens is 3. The third-order valence-electron chi connectivity index (χ3n) is 2.79. The summed E-state index contributed by atoms with van der Waals surface area (Å²) in [6.45, 7) is 8.03. The van der Waals surface area contributed by atoms with Crippen molar-refractivity contribution in [3.8, 4) is 0 Å². The first-order chi connectivity index (χ1) is 8.28. The quantitative estimate of drug-likeness (QED) is 0.771. The highest BCUT2D eigenvalue weighted by Crippen LogP contribution is 2.00. The van der Waals surface area contributed by atoms with Crippen LogP contribution in [0.15, 0.2) is 30.9 Å². The Kier molecular flexibility index (Phi) is 3.98. The largest absolute Gasteiger partial charge is 0.354 e. The van der Waals surface area contributed by atoms with Crippen molar-refractivity contribution in [2.24, 2.45) is 0 Å². The number of hydrogen-bond acceptors (Lipinski definition) is 2. The average Bonchev–Trinajstić information content (AvgIpc) is 2.93. The van der Waals surface area contributed by atoms with Crippen LogP contribution < -0.4 is 5.32 Å². The number of rotatable bonds is 6. The summed E-state index contributed by atoms with van der Waals surface area (Å²) in [4.78, 5) is 0. The van der Waals surface area contributed by atoms with Crippen molar-refractivity contribution < 1.29 is 0 Å². The Morgan fingerprint density at radius 3 is 2.88 bits per heavy atom. The Labute approximate surface area is 102 Å². The van der Waals surface area contributed by atoms with Crippen molar-refractivity contribution in [2.45, 2.75) is 33.5 Å². The Morgan fingerprint density at radius 1 is 1.35 bits per heavy atom. The molecule has 2 aromatic heterocycles. The van der Waals surface area contributed by atoms with E-state index in [1.807, 2.05) is 10.9 Å². The molecule has 0 aliphatic rings. The average molecular weight is 232 g/mol. The molecule has 2 heterocycles. The summed E-state index contributed by atoms with van der Waals surface area (Å²) in [6, 6.07) is 2.16. The fourth-order valence-electron chi connectivity index (χ4n) is 1.81. The smallest absolute Gasteiger partial charge is 0.0534 e. The van der Waals surface area contributed by atoms with E-state index in [4.69, 9.17) is 0 Å². The van der Waals surface area contributed by atoms with Gasteiger partial charge in [-0.15, -0.1) is 0 Å². The van der Waals surface area contributed by atoms with E-state index in [0.29, 0.717) is 0 Å². The molecule has 0 unspecified atom stereocenters. The van der Waals surface area contributed by atoms with Crippen molar-refractivity contribution in [1.82, 2.24) is 19.7 Å². The fraction of sp³-hybridized carbons (Fsp3) is 0.462. The first-order valence-electron chi connectivity index (χ1n) is 6.12. The van der Waals surface area contributed by atoms with Crippen LogP contribution in [0.25, 0.3) is 0 Å². The maximum Gasteiger partial charge on any atom is 0.0534 e. The summed E-state index contributed by atoms with van der Waals surface area (Å²) >= 11 is 0. The molecule has 0 radical (unpaired) electrons. The van der Waals surface area contributed by atoms with Gasteiger partial charge in [-0.3, -0.25) is 4.68 Å². The van der Waals surface area contributed by atoms with Gasteiger partial charge < -0.3 is 9.88 Å². The zero-order valence-electron chi connectivity index (χ0n) is 10.6. The van der Waals surface area contributed by atoms with E-state index < -0.39 is 0 Å². The highest BCUT2D eigenvalue weighted by Gasteiger charge is 1.96. The van der Waals surface area contributed by atoms with E-state index in [1.165, 1.54) is 11.1 Å². The van der Waals surface area contributed by atoms with Crippen LogP contribution in [0.2, 0.25) is 0 Å². The molecule has 0 saturated heterocycles. The van der Waals surface area contributed by atoms with Crippen LogP contribution in [-0.4, -0.2) is 20.9 Å². The normalized spacial score (nSPS) is 10.9. The van der Waals surface area contributed by atoms with Gasteiger partial charge in [0.2, 0.25) is 0 Å². The lowest BCUT2D eigenvalue weighted by Gasteiger charge is -2.03. The van der Waals surface area contributed by atoms with E-state index in [1.54, 1.807) is 0 Å². The topological polar surface area (TPSA) is 34.8 Å². The van der Waals surface area contributed by atoms with E-state index >= 15 is 0 Å². The van der Waals surface area contributed by atoms with Gasteiger partial charge >= 0.3 is 0 Å². The monoisotopic (exact) mass is 232 g/mol. The van der Waals surface area contributed by atoms with Gasteiger partial charge in [0.25, 0.3) is 0 Å². The maximum atomic E-state index is 4.25. The fourth-order valence-corrected chi connectivity index (χ4v) is 1.81. The zero-order chi connectivity index (χ0) is 12.1. The van der Waals surface area contributed by atoms with Crippen LogP contribution in [0.4, 0.5) is 0 Å². The van der Waals surface area contributed by atoms with Crippen molar-refractivity contribution >= 4 is 0 Å². The third-order valence-corrected chi connectivity index (χ3v) is 2.79. The molecule has 4 nitrogen and oxygen atoms in total. The molecule has 0 aromatic carbocycles. The summed E-state index contributed by atoms with van der Waals surface area (Å²) in [7, 11) is 0. The molecule has 0 fully saturated rings. The van der Waals surface area contributed by atoms with E-state index in [-0.39, 0.29) is 0 Å². The highest BCUT2D eigenvalue weighted by atomic mass is 15.3. The lowest BCUT2D eigenvalue weighted by atomic mass is 10.3. The molecule has 0 amide bonds. The molecule has 0 atom stereocenters. The van der Waals surface area contributed by atoms with E-state index in [0.717, 1.165) is 26.2 Å². The van der Waals surface area contributed by atoms with Gasteiger partial charge in [-0.25, -0.2) is 0 Å². The molecule has 92 valence electrons. The van der Waals surface area contributed by atoms with Crippen LogP contribution >= 0.6 is 0 Å². The molecular formula is C13H20N4. The molecular weight excluding hydrogens is 212 g/mol. The first kappa shape index (κ1) is 11.9. The van der Waals surface area contributed by atoms with Crippen molar-refractivity contribution in [3.05, 3.63) is 42.0 Å². The number of nitrogens with zero attached hydrogens (tertiary/aromatic N) is 3. The molecule has 0 bridgehead atoms. The van der Waals surface area contributed by atoms with E-state index in [9.17, 15) is 0 Å². The summed E-state index contributed by atoms with van der Waals surface area (Å²) < 4.78 is 4.16. The molecule has 0 spiro atoms. The van der Waals surface area contributed by atoms with Crippen molar-refractivity contribution in [3.63, 3.8) is 0 Å².